The molecule has 0 spiro atoms. The molecule has 31 heavy (non-hydrogen) atoms. The van der Waals surface area contributed by atoms with Gasteiger partial charge in [-0.2, -0.15) is 4.31 Å². The van der Waals surface area contributed by atoms with E-state index in [1.807, 2.05) is 0 Å². The molecule has 1 saturated heterocycles. The van der Waals surface area contributed by atoms with Crippen LogP contribution in [0.5, 0.6) is 11.5 Å². The molecule has 9 nitrogen and oxygen atoms in total. The lowest BCUT2D eigenvalue weighted by Gasteiger charge is -2.30. The number of esters is 1. The minimum absolute atomic E-state index is 0.0484. The Labute approximate surface area is 185 Å². The second kappa shape index (κ2) is 8.68. The summed E-state index contributed by atoms with van der Waals surface area (Å²) in [7, 11) is -3.71. The van der Waals surface area contributed by atoms with Crippen LogP contribution >= 0.6 is 11.6 Å². The minimum atomic E-state index is -3.71. The third-order valence-corrected chi connectivity index (χ3v) is 7.82. The van der Waals surface area contributed by atoms with Crippen LogP contribution in [-0.2, 0) is 26.2 Å². The number of piperidine rings is 1. The molecule has 0 radical (unpaired) electrons. The Bertz CT molecular complexity index is 1070. The molecule has 3 heterocycles. The van der Waals surface area contributed by atoms with E-state index in [0.29, 0.717) is 53.8 Å². The average Bonchev–Trinajstić information content (AvgIpc) is 3.11. The second-order valence-electron chi connectivity index (χ2n) is 7.54. The summed E-state index contributed by atoms with van der Waals surface area (Å²) in [5, 5.41) is 4.13. The van der Waals surface area contributed by atoms with E-state index in [1.54, 1.807) is 26.0 Å². The molecule has 0 saturated carbocycles. The highest BCUT2D eigenvalue weighted by atomic mass is 35.5. The first-order chi connectivity index (χ1) is 14.8. The van der Waals surface area contributed by atoms with Gasteiger partial charge in [-0.25, -0.2) is 8.42 Å². The van der Waals surface area contributed by atoms with Crippen molar-refractivity contribution in [2.24, 2.45) is 5.92 Å². The maximum atomic E-state index is 12.9. The van der Waals surface area contributed by atoms with E-state index in [1.165, 1.54) is 4.31 Å². The highest BCUT2D eigenvalue weighted by Gasteiger charge is 2.36. The summed E-state index contributed by atoms with van der Waals surface area (Å²) < 4.78 is 48.6. The lowest BCUT2D eigenvalue weighted by atomic mass is 9.98. The zero-order valence-corrected chi connectivity index (χ0v) is 18.8. The lowest BCUT2D eigenvalue weighted by molar-refractivity contribution is -0.151. The van der Waals surface area contributed by atoms with E-state index >= 15 is 0 Å². The third-order valence-electron chi connectivity index (χ3n) is 5.39. The second-order valence-corrected chi connectivity index (χ2v) is 9.82. The Balaban J connectivity index is 1.34. The summed E-state index contributed by atoms with van der Waals surface area (Å²) in [6, 6.07) is 3.42. The van der Waals surface area contributed by atoms with Crippen molar-refractivity contribution < 1.29 is 31.9 Å². The number of rotatable bonds is 5. The van der Waals surface area contributed by atoms with Crippen molar-refractivity contribution >= 4 is 27.6 Å². The van der Waals surface area contributed by atoms with Gasteiger partial charge in [0.1, 0.15) is 30.4 Å². The van der Waals surface area contributed by atoms with E-state index in [-0.39, 0.29) is 42.2 Å². The van der Waals surface area contributed by atoms with Crippen LogP contribution in [0.2, 0.25) is 5.02 Å². The molecule has 0 N–H and O–H groups in total. The molecule has 0 unspecified atom stereocenters. The molecule has 0 atom stereocenters. The maximum Gasteiger partial charge on any atom is 0.309 e. The largest absolute Gasteiger partial charge is 0.486 e. The van der Waals surface area contributed by atoms with Crippen LogP contribution in [0.3, 0.4) is 0 Å². The number of halogens is 1. The summed E-state index contributed by atoms with van der Waals surface area (Å²) in [4.78, 5) is 12.6. The first-order valence-corrected chi connectivity index (χ1v) is 11.8. The van der Waals surface area contributed by atoms with Gasteiger partial charge in [0.05, 0.1) is 10.9 Å². The number of hydrogen-bond acceptors (Lipinski definition) is 8. The van der Waals surface area contributed by atoms with Crippen molar-refractivity contribution in [1.29, 1.82) is 0 Å². The zero-order valence-electron chi connectivity index (χ0n) is 17.2. The fourth-order valence-corrected chi connectivity index (χ4v) is 5.87. The monoisotopic (exact) mass is 470 g/mol. The Kier molecular flexibility index (Phi) is 6.14. The fourth-order valence-electron chi connectivity index (χ4n) is 3.82. The standard InChI is InChI=1S/C20H23ClN2O7S/c1-12-19(13(2)30-22-12)31(25,26)23-5-3-15(4-6-23)20(24)29-11-14-9-16(21)18-17(10-14)27-7-8-28-18/h9-10,15H,3-8,11H2,1-2H3. The van der Waals surface area contributed by atoms with Gasteiger partial charge in [0.2, 0.25) is 10.0 Å². The number of carbonyl (C=O) groups is 1. The van der Waals surface area contributed by atoms with E-state index in [2.05, 4.69) is 5.16 Å². The highest BCUT2D eigenvalue weighted by molar-refractivity contribution is 7.89. The van der Waals surface area contributed by atoms with E-state index in [9.17, 15) is 13.2 Å². The van der Waals surface area contributed by atoms with Crippen molar-refractivity contribution in [1.82, 2.24) is 9.46 Å². The van der Waals surface area contributed by atoms with Crippen LogP contribution < -0.4 is 9.47 Å². The van der Waals surface area contributed by atoms with E-state index < -0.39 is 10.0 Å². The first kappa shape index (κ1) is 21.9. The van der Waals surface area contributed by atoms with E-state index in [4.69, 9.17) is 30.3 Å². The number of sulfonamides is 1. The van der Waals surface area contributed by atoms with Crippen molar-refractivity contribution in [3.8, 4) is 11.5 Å². The Morgan fingerprint density at radius 3 is 2.61 bits per heavy atom. The van der Waals surface area contributed by atoms with Crippen molar-refractivity contribution in [2.75, 3.05) is 26.3 Å². The molecule has 2 aliphatic rings. The predicted molar refractivity (Wildman–Crippen MR) is 110 cm³/mol. The molecule has 168 valence electrons. The molecule has 2 aliphatic heterocycles. The van der Waals surface area contributed by atoms with Gasteiger partial charge >= 0.3 is 5.97 Å². The van der Waals surface area contributed by atoms with Gasteiger partial charge in [0.25, 0.3) is 0 Å². The van der Waals surface area contributed by atoms with Gasteiger partial charge in [-0.1, -0.05) is 16.8 Å². The van der Waals surface area contributed by atoms with Crippen LogP contribution in [0.25, 0.3) is 0 Å². The summed E-state index contributed by atoms with van der Waals surface area (Å²) in [5.74, 6) is 0.554. The van der Waals surface area contributed by atoms with Crippen LogP contribution in [-0.4, -0.2) is 50.2 Å². The molecule has 0 amide bonds. The maximum absolute atomic E-state index is 12.9. The number of hydrogen-bond donors (Lipinski definition) is 0. The van der Waals surface area contributed by atoms with E-state index in [0.717, 1.165) is 0 Å². The van der Waals surface area contributed by atoms with Crippen molar-refractivity contribution in [2.45, 2.75) is 38.2 Å². The smallest absolute Gasteiger partial charge is 0.309 e. The molecule has 1 aromatic heterocycles. The van der Waals surface area contributed by atoms with Gasteiger partial charge in [-0.05, 0) is 44.4 Å². The highest BCUT2D eigenvalue weighted by Crippen LogP contribution is 2.38. The molecule has 1 fully saturated rings. The van der Waals surface area contributed by atoms with Gasteiger partial charge in [-0.15, -0.1) is 0 Å². The van der Waals surface area contributed by atoms with Gasteiger partial charge in [-0.3, -0.25) is 4.79 Å². The summed E-state index contributed by atoms with van der Waals surface area (Å²) in [6.07, 6.45) is 0.757. The molecule has 0 aliphatic carbocycles. The molecule has 11 heteroatoms. The SMILES string of the molecule is Cc1noc(C)c1S(=O)(=O)N1CCC(C(=O)OCc2cc(Cl)c3c(c2)OCCO3)CC1. The molecule has 4 rings (SSSR count). The predicted octanol–water partition coefficient (Wildman–Crippen LogP) is 2.86. The number of ether oxygens (including phenoxy) is 3. The fraction of sp³-hybridized carbons (Fsp3) is 0.500. The summed E-state index contributed by atoms with van der Waals surface area (Å²) in [6.45, 7) is 4.53. The Morgan fingerprint density at radius 1 is 1.23 bits per heavy atom. The van der Waals surface area contributed by atoms with Gasteiger partial charge in [0.15, 0.2) is 17.3 Å². The number of carbonyl (C=O) groups excluding carboxylic acids is 1. The Morgan fingerprint density at radius 2 is 1.94 bits per heavy atom. The molecule has 1 aromatic carbocycles. The van der Waals surface area contributed by atoms with Crippen LogP contribution in [0, 0.1) is 19.8 Å². The normalized spacial score (nSPS) is 17.5. The van der Waals surface area contributed by atoms with Crippen molar-refractivity contribution in [3.05, 3.63) is 34.2 Å². The number of nitrogens with zero attached hydrogens (tertiary/aromatic N) is 2. The quantitative estimate of drug-likeness (QED) is 0.614. The molecular weight excluding hydrogens is 448 g/mol. The molecule has 2 aromatic rings. The summed E-state index contributed by atoms with van der Waals surface area (Å²) in [5.41, 5.74) is 1.03. The van der Waals surface area contributed by atoms with Crippen LogP contribution in [0.15, 0.2) is 21.6 Å². The lowest BCUT2D eigenvalue weighted by Crippen LogP contribution is -2.40. The average molecular weight is 471 g/mol. The minimum Gasteiger partial charge on any atom is -0.486 e. The van der Waals surface area contributed by atoms with Crippen LogP contribution in [0.4, 0.5) is 0 Å². The topological polar surface area (TPSA) is 108 Å². The van der Waals surface area contributed by atoms with Gasteiger partial charge in [0, 0.05) is 13.1 Å². The number of aryl methyl sites for hydroxylation is 2. The van der Waals surface area contributed by atoms with Crippen molar-refractivity contribution in [3.63, 3.8) is 0 Å². The number of benzene rings is 1. The number of fused-ring (bicyclic) bond motifs is 1. The summed E-state index contributed by atoms with van der Waals surface area (Å²) >= 11 is 6.22. The van der Waals surface area contributed by atoms with Crippen LogP contribution in [0.1, 0.15) is 29.9 Å². The molecular formula is C20H23ClN2O7S. The first-order valence-electron chi connectivity index (χ1n) is 9.95. The third kappa shape index (κ3) is 4.37. The number of aromatic nitrogens is 1. The molecule has 0 bridgehead atoms. The Hall–Kier alpha value is -2.30. The van der Waals surface area contributed by atoms with Gasteiger partial charge < -0.3 is 18.7 Å². The zero-order chi connectivity index (χ0) is 22.2.